The van der Waals surface area contributed by atoms with Crippen molar-refractivity contribution in [1.29, 1.82) is 0 Å². The highest BCUT2D eigenvalue weighted by Gasteiger charge is 2.03. The molecular formula is C13H15ClN2S. The van der Waals surface area contributed by atoms with Crippen LogP contribution >= 0.6 is 23.4 Å². The van der Waals surface area contributed by atoms with Crippen molar-refractivity contribution in [3.05, 3.63) is 35.5 Å². The van der Waals surface area contributed by atoms with Gasteiger partial charge in [0, 0.05) is 23.2 Å². The molecule has 0 aliphatic carbocycles. The molecule has 0 aliphatic rings. The fourth-order valence-corrected chi connectivity index (χ4v) is 2.39. The molecule has 2 aromatic rings. The van der Waals surface area contributed by atoms with Crippen molar-refractivity contribution in [2.45, 2.75) is 6.42 Å². The zero-order valence-electron chi connectivity index (χ0n) is 9.74. The first-order valence-corrected chi connectivity index (χ1v) is 7.35. The Morgan fingerprint density at radius 3 is 3.12 bits per heavy atom. The third-order valence-electron chi connectivity index (χ3n) is 2.51. The van der Waals surface area contributed by atoms with Crippen LogP contribution in [0.5, 0.6) is 0 Å². The highest BCUT2D eigenvalue weighted by molar-refractivity contribution is 7.98. The van der Waals surface area contributed by atoms with Gasteiger partial charge in [0.1, 0.15) is 0 Å². The smallest absolute Gasteiger partial charge is 0.0934 e. The third kappa shape index (κ3) is 3.27. The first-order valence-electron chi connectivity index (χ1n) is 5.58. The van der Waals surface area contributed by atoms with Gasteiger partial charge in [-0.2, -0.15) is 11.8 Å². The summed E-state index contributed by atoms with van der Waals surface area (Å²) in [5, 5.41) is 5.23. The second-order valence-electron chi connectivity index (χ2n) is 3.80. The van der Waals surface area contributed by atoms with Crippen molar-refractivity contribution in [3.63, 3.8) is 0 Å². The van der Waals surface area contributed by atoms with Gasteiger partial charge in [-0.15, -0.1) is 0 Å². The van der Waals surface area contributed by atoms with E-state index < -0.39 is 0 Å². The number of fused-ring (bicyclic) bond motifs is 1. The van der Waals surface area contributed by atoms with E-state index in [9.17, 15) is 0 Å². The number of aromatic nitrogens is 1. The maximum absolute atomic E-state index is 6.09. The van der Waals surface area contributed by atoms with Crippen molar-refractivity contribution < 1.29 is 0 Å². The van der Waals surface area contributed by atoms with Gasteiger partial charge < -0.3 is 5.32 Å². The number of benzene rings is 1. The number of nitrogens with one attached hydrogen (secondary N) is 1. The van der Waals surface area contributed by atoms with E-state index in [0.717, 1.165) is 34.6 Å². The van der Waals surface area contributed by atoms with Gasteiger partial charge in [0.25, 0.3) is 0 Å². The summed E-state index contributed by atoms with van der Waals surface area (Å²) in [6.45, 7) is 0.951. The predicted molar refractivity (Wildman–Crippen MR) is 78.2 cm³/mol. The van der Waals surface area contributed by atoms with Gasteiger partial charge in [0.2, 0.25) is 0 Å². The van der Waals surface area contributed by atoms with Crippen molar-refractivity contribution in [2.24, 2.45) is 0 Å². The molecule has 0 spiro atoms. The van der Waals surface area contributed by atoms with Crippen molar-refractivity contribution in [2.75, 3.05) is 23.9 Å². The SMILES string of the molecule is CSCCCNc1cc(Cl)cc2cccnc12. The van der Waals surface area contributed by atoms with E-state index in [2.05, 4.69) is 16.6 Å². The number of rotatable bonds is 5. The highest BCUT2D eigenvalue weighted by Crippen LogP contribution is 2.26. The number of halogens is 1. The lowest BCUT2D eigenvalue weighted by Crippen LogP contribution is -2.03. The summed E-state index contributed by atoms with van der Waals surface area (Å²) in [6, 6.07) is 7.84. The minimum absolute atomic E-state index is 0.748. The van der Waals surface area contributed by atoms with Crippen LogP contribution in [0, 0.1) is 0 Å². The van der Waals surface area contributed by atoms with Crippen LogP contribution in [-0.4, -0.2) is 23.5 Å². The molecule has 1 aromatic heterocycles. The van der Waals surface area contributed by atoms with Crippen molar-refractivity contribution >= 4 is 40.0 Å². The van der Waals surface area contributed by atoms with Crippen LogP contribution in [0.3, 0.4) is 0 Å². The summed E-state index contributed by atoms with van der Waals surface area (Å²) in [4.78, 5) is 4.39. The van der Waals surface area contributed by atoms with E-state index in [-0.39, 0.29) is 0 Å². The second-order valence-corrected chi connectivity index (χ2v) is 5.22. The van der Waals surface area contributed by atoms with E-state index in [1.165, 1.54) is 5.75 Å². The van der Waals surface area contributed by atoms with Crippen LogP contribution in [0.4, 0.5) is 5.69 Å². The van der Waals surface area contributed by atoms with Crippen LogP contribution < -0.4 is 5.32 Å². The fourth-order valence-electron chi connectivity index (χ4n) is 1.73. The van der Waals surface area contributed by atoms with Crippen molar-refractivity contribution in [1.82, 2.24) is 4.98 Å². The monoisotopic (exact) mass is 266 g/mol. The Kier molecular flexibility index (Phi) is 4.51. The summed E-state index contributed by atoms with van der Waals surface area (Å²) in [5.74, 6) is 1.17. The average molecular weight is 267 g/mol. The molecule has 0 aliphatic heterocycles. The third-order valence-corrected chi connectivity index (χ3v) is 3.43. The molecule has 0 radical (unpaired) electrons. The van der Waals surface area contributed by atoms with Gasteiger partial charge in [-0.1, -0.05) is 17.7 Å². The average Bonchev–Trinajstić information content (AvgIpc) is 2.34. The number of pyridine rings is 1. The molecular weight excluding hydrogens is 252 g/mol. The van der Waals surface area contributed by atoms with Gasteiger partial charge in [0.05, 0.1) is 11.2 Å². The Bertz CT molecular complexity index is 502. The fraction of sp³-hybridized carbons (Fsp3) is 0.308. The number of hydrogen-bond donors (Lipinski definition) is 1. The Morgan fingerprint density at radius 2 is 2.29 bits per heavy atom. The largest absolute Gasteiger partial charge is 0.383 e. The maximum atomic E-state index is 6.09. The van der Waals surface area contributed by atoms with Gasteiger partial charge in [0.15, 0.2) is 0 Å². The molecule has 2 rings (SSSR count). The standard InChI is InChI=1S/C13H15ClN2S/c1-17-7-3-6-15-12-9-11(14)8-10-4-2-5-16-13(10)12/h2,4-5,8-9,15H,3,6-7H2,1H3. The topological polar surface area (TPSA) is 24.9 Å². The molecule has 17 heavy (non-hydrogen) atoms. The zero-order valence-corrected chi connectivity index (χ0v) is 11.3. The van der Waals surface area contributed by atoms with E-state index in [4.69, 9.17) is 11.6 Å². The van der Waals surface area contributed by atoms with Gasteiger partial charge in [-0.05, 0) is 36.6 Å². The molecule has 0 saturated heterocycles. The van der Waals surface area contributed by atoms with Crippen LogP contribution in [0.2, 0.25) is 5.02 Å². The van der Waals surface area contributed by atoms with E-state index in [1.807, 2.05) is 42.2 Å². The number of thioether (sulfide) groups is 1. The number of nitrogens with zero attached hydrogens (tertiary/aromatic N) is 1. The Balaban J connectivity index is 2.20. The minimum Gasteiger partial charge on any atom is -0.383 e. The Labute approximate surface area is 111 Å². The summed E-state index contributed by atoms with van der Waals surface area (Å²) < 4.78 is 0. The Hall–Kier alpha value is -0.930. The second kappa shape index (κ2) is 6.12. The molecule has 1 N–H and O–H groups in total. The first kappa shape index (κ1) is 12.5. The van der Waals surface area contributed by atoms with E-state index in [0.29, 0.717) is 0 Å². The molecule has 0 amide bonds. The summed E-state index contributed by atoms with van der Waals surface area (Å²) >= 11 is 7.95. The number of hydrogen-bond acceptors (Lipinski definition) is 3. The zero-order chi connectivity index (χ0) is 12.1. The molecule has 0 bridgehead atoms. The van der Waals surface area contributed by atoms with E-state index >= 15 is 0 Å². The summed E-state index contributed by atoms with van der Waals surface area (Å²) in [6.07, 6.45) is 5.07. The van der Waals surface area contributed by atoms with Crippen LogP contribution in [0.15, 0.2) is 30.5 Å². The lowest BCUT2D eigenvalue weighted by Gasteiger charge is -2.09. The maximum Gasteiger partial charge on any atom is 0.0934 e. The lowest BCUT2D eigenvalue weighted by molar-refractivity contribution is 0.994. The molecule has 0 saturated carbocycles. The normalized spacial score (nSPS) is 10.7. The van der Waals surface area contributed by atoms with Crippen molar-refractivity contribution in [3.8, 4) is 0 Å². The minimum atomic E-state index is 0.748. The molecule has 1 aromatic carbocycles. The van der Waals surface area contributed by atoms with Gasteiger partial charge in [-0.3, -0.25) is 4.98 Å². The van der Waals surface area contributed by atoms with Gasteiger partial charge >= 0.3 is 0 Å². The molecule has 0 fully saturated rings. The van der Waals surface area contributed by atoms with Crippen LogP contribution in [0.25, 0.3) is 10.9 Å². The molecule has 1 heterocycles. The molecule has 0 atom stereocenters. The molecule has 90 valence electrons. The number of anilines is 1. The van der Waals surface area contributed by atoms with E-state index in [1.54, 1.807) is 0 Å². The first-order chi connectivity index (χ1) is 8.31. The lowest BCUT2D eigenvalue weighted by atomic mass is 10.2. The molecule has 2 nitrogen and oxygen atoms in total. The molecule has 4 heteroatoms. The Morgan fingerprint density at radius 1 is 1.41 bits per heavy atom. The summed E-state index contributed by atoms with van der Waals surface area (Å²) in [7, 11) is 0. The predicted octanol–water partition coefficient (Wildman–Crippen LogP) is 4.05. The van der Waals surface area contributed by atoms with Gasteiger partial charge in [-0.25, -0.2) is 0 Å². The van der Waals surface area contributed by atoms with Crippen LogP contribution in [0.1, 0.15) is 6.42 Å². The summed E-state index contributed by atoms with van der Waals surface area (Å²) in [5.41, 5.74) is 2.01. The quantitative estimate of drug-likeness (QED) is 0.827. The molecule has 0 unspecified atom stereocenters. The van der Waals surface area contributed by atoms with Crippen LogP contribution in [-0.2, 0) is 0 Å². The highest BCUT2D eigenvalue weighted by atomic mass is 35.5.